The summed E-state index contributed by atoms with van der Waals surface area (Å²) in [4.78, 5) is 24.6. The Morgan fingerprint density at radius 3 is 2.71 bits per heavy atom. The molecule has 0 saturated heterocycles. The summed E-state index contributed by atoms with van der Waals surface area (Å²) < 4.78 is 14.0. The highest BCUT2D eigenvalue weighted by Gasteiger charge is 2.19. The van der Waals surface area contributed by atoms with E-state index >= 15 is 0 Å². The number of nitrogens with zero attached hydrogens (tertiary/aromatic N) is 2. The van der Waals surface area contributed by atoms with Crippen molar-refractivity contribution in [2.24, 2.45) is 0 Å². The van der Waals surface area contributed by atoms with Gasteiger partial charge in [-0.1, -0.05) is 0 Å². The summed E-state index contributed by atoms with van der Waals surface area (Å²) in [6.45, 7) is -0.461. The van der Waals surface area contributed by atoms with E-state index in [0.29, 0.717) is 0 Å². The van der Waals surface area contributed by atoms with Crippen molar-refractivity contribution in [1.29, 1.82) is 0 Å². The van der Waals surface area contributed by atoms with Gasteiger partial charge in [-0.25, -0.2) is 4.79 Å². The molecule has 0 fully saturated rings. The molecule has 0 radical (unpaired) electrons. The average molecular weight is 242 g/mol. The van der Waals surface area contributed by atoms with Crippen molar-refractivity contribution in [3.8, 4) is 11.8 Å². The first kappa shape index (κ1) is 12.7. The number of carbonyl (C=O) groups excluding carboxylic acids is 1. The van der Waals surface area contributed by atoms with Crippen molar-refractivity contribution in [2.75, 3.05) is 20.8 Å². The van der Waals surface area contributed by atoms with Crippen molar-refractivity contribution >= 4 is 11.7 Å². The van der Waals surface area contributed by atoms with E-state index in [4.69, 9.17) is 9.47 Å². The molecule has 0 aromatic carbocycles. The van der Waals surface area contributed by atoms with Gasteiger partial charge in [0.05, 0.1) is 19.1 Å². The summed E-state index contributed by atoms with van der Waals surface area (Å²) in [7, 11) is 2.54. The lowest BCUT2D eigenvalue weighted by molar-refractivity contribution is -0.386. The zero-order valence-electron chi connectivity index (χ0n) is 9.21. The van der Waals surface area contributed by atoms with Crippen LogP contribution in [0.3, 0.4) is 0 Å². The van der Waals surface area contributed by atoms with Gasteiger partial charge in [0.1, 0.15) is 0 Å². The van der Waals surface area contributed by atoms with Crippen LogP contribution in [0.5, 0.6) is 11.8 Å². The third kappa shape index (κ3) is 3.30. The number of ether oxygens (including phenoxy) is 3. The molecule has 1 heterocycles. The van der Waals surface area contributed by atoms with Crippen LogP contribution in [-0.2, 0) is 9.53 Å². The summed E-state index contributed by atoms with van der Waals surface area (Å²) in [5.41, 5.74) is -0.352. The number of esters is 1. The number of nitro groups is 1. The van der Waals surface area contributed by atoms with Crippen LogP contribution in [0.2, 0.25) is 0 Å². The van der Waals surface area contributed by atoms with Crippen LogP contribution in [0.1, 0.15) is 0 Å². The van der Waals surface area contributed by atoms with Gasteiger partial charge in [-0.05, 0) is 0 Å². The Kier molecular flexibility index (Phi) is 4.21. The summed E-state index contributed by atoms with van der Waals surface area (Å²) in [6.07, 6.45) is 0. The van der Waals surface area contributed by atoms with E-state index in [1.54, 1.807) is 0 Å². The summed E-state index contributed by atoms with van der Waals surface area (Å²) >= 11 is 0. The number of pyridine rings is 1. The SMILES string of the molecule is COC(=O)COc1nc(OC)ccc1[N+](=O)[O-]. The van der Waals surface area contributed by atoms with Crippen LogP contribution < -0.4 is 9.47 Å². The molecule has 8 heteroatoms. The number of methoxy groups -OCH3 is 2. The topological polar surface area (TPSA) is 101 Å². The molecule has 0 aliphatic carbocycles. The highest BCUT2D eigenvalue weighted by Crippen LogP contribution is 2.26. The Hall–Kier alpha value is -2.38. The van der Waals surface area contributed by atoms with Gasteiger partial charge in [0.2, 0.25) is 5.88 Å². The van der Waals surface area contributed by atoms with Crippen LogP contribution in [0.4, 0.5) is 5.69 Å². The Labute approximate surface area is 96.3 Å². The van der Waals surface area contributed by atoms with Crippen LogP contribution in [0.15, 0.2) is 12.1 Å². The van der Waals surface area contributed by atoms with Crippen LogP contribution in [-0.4, -0.2) is 36.7 Å². The third-order valence-corrected chi connectivity index (χ3v) is 1.77. The van der Waals surface area contributed by atoms with Gasteiger partial charge in [0.15, 0.2) is 6.61 Å². The minimum atomic E-state index is -0.668. The molecule has 0 amide bonds. The number of aromatic nitrogens is 1. The predicted octanol–water partition coefficient (Wildman–Crippen LogP) is 0.550. The number of hydrogen-bond acceptors (Lipinski definition) is 7. The lowest BCUT2D eigenvalue weighted by atomic mass is 10.4. The Morgan fingerprint density at radius 1 is 1.47 bits per heavy atom. The van der Waals surface area contributed by atoms with E-state index < -0.39 is 17.5 Å². The smallest absolute Gasteiger partial charge is 0.343 e. The standard InChI is InChI=1S/C9H10N2O6/c1-15-7-4-3-6(11(13)14)9(10-7)17-5-8(12)16-2/h3-4H,5H2,1-2H3. The Bertz CT molecular complexity index is 433. The lowest BCUT2D eigenvalue weighted by Gasteiger charge is -2.05. The van der Waals surface area contributed by atoms with Gasteiger partial charge in [-0.15, -0.1) is 0 Å². The molecule has 0 atom stereocenters. The molecule has 1 aromatic rings. The molecule has 0 aliphatic rings. The second-order valence-corrected chi connectivity index (χ2v) is 2.80. The first-order valence-electron chi connectivity index (χ1n) is 4.47. The molecule has 1 rings (SSSR count). The second-order valence-electron chi connectivity index (χ2n) is 2.80. The molecule has 17 heavy (non-hydrogen) atoms. The highest BCUT2D eigenvalue weighted by molar-refractivity contribution is 5.71. The van der Waals surface area contributed by atoms with E-state index in [1.165, 1.54) is 26.4 Å². The number of carbonyl (C=O) groups is 1. The second kappa shape index (κ2) is 5.64. The molecular formula is C9H10N2O6. The molecule has 0 spiro atoms. The molecular weight excluding hydrogens is 232 g/mol. The fraction of sp³-hybridized carbons (Fsp3) is 0.333. The quantitative estimate of drug-likeness (QED) is 0.422. The molecule has 92 valence electrons. The highest BCUT2D eigenvalue weighted by atomic mass is 16.6. The van der Waals surface area contributed by atoms with E-state index in [0.717, 1.165) is 0 Å². The van der Waals surface area contributed by atoms with Crippen molar-refractivity contribution < 1.29 is 23.9 Å². The zero-order chi connectivity index (χ0) is 12.8. The first-order valence-corrected chi connectivity index (χ1v) is 4.47. The van der Waals surface area contributed by atoms with Crippen molar-refractivity contribution in [2.45, 2.75) is 0 Å². The molecule has 0 saturated carbocycles. The average Bonchev–Trinajstić information content (AvgIpc) is 2.35. The van der Waals surface area contributed by atoms with Crippen molar-refractivity contribution in [3.63, 3.8) is 0 Å². The van der Waals surface area contributed by atoms with Gasteiger partial charge in [-0.2, -0.15) is 4.98 Å². The largest absolute Gasteiger partial charge is 0.481 e. The maximum absolute atomic E-state index is 10.8. The van der Waals surface area contributed by atoms with Gasteiger partial charge in [0.25, 0.3) is 5.88 Å². The van der Waals surface area contributed by atoms with Crippen molar-refractivity contribution in [1.82, 2.24) is 4.98 Å². The predicted molar refractivity (Wildman–Crippen MR) is 55.0 cm³/mol. The third-order valence-electron chi connectivity index (χ3n) is 1.77. The molecule has 0 N–H and O–H groups in total. The van der Waals surface area contributed by atoms with Gasteiger partial charge < -0.3 is 14.2 Å². The fourth-order valence-electron chi connectivity index (χ4n) is 0.961. The van der Waals surface area contributed by atoms with E-state index in [9.17, 15) is 14.9 Å². The lowest BCUT2D eigenvalue weighted by Crippen LogP contribution is -2.14. The Morgan fingerprint density at radius 2 is 2.18 bits per heavy atom. The Balaban J connectivity index is 2.93. The molecule has 0 bridgehead atoms. The maximum atomic E-state index is 10.8. The monoisotopic (exact) mass is 242 g/mol. The summed E-state index contributed by atoms with van der Waals surface area (Å²) in [6, 6.07) is 2.50. The van der Waals surface area contributed by atoms with Gasteiger partial charge in [0, 0.05) is 12.1 Å². The first-order chi connectivity index (χ1) is 8.08. The van der Waals surface area contributed by atoms with Crippen LogP contribution in [0, 0.1) is 10.1 Å². The minimum absolute atomic E-state index is 0.149. The van der Waals surface area contributed by atoms with E-state index in [2.05, 4.69) is 9.72 Å². The van der Waals surface area contributed by atoms with E-state index in [-0.39, 0.29) is 17.4 Å². The normalized spacial score (nSPS) is 9.53. The van der Waals surface area contributed by atoms with Crippen molar-refractivity contribution in [3.05, 3.63) is 22.2 Å². The number of hydrogen-bond donors (Lipinski definition) is 0. The summed E-state index contributed by atoms with van der Waals surface area (Å²) in [5, 5.41) is 10.7. The molecule has 1 aromatic heterocycles. The van der Waals surface area contributed by atoms with Gasteiger partial charge in [-0.3, -0.25) is 10.1 Å². The molecule has 0 aliphatic heterocycles. The van der Waals surface area contributed by atoms with Crippen LogP contribution >= 0.6 is 0 Å². The maximum Gasteiger partial charge on any atom is 0.343 e. The minimum Gasteiger partial charge on any atom is -0.481 e. The number of rotatable bonds is 5. The van der Waals surface area contributed by atoms with Crippen LogP contribution in [0.25, 0.3) is 0 Å². The zero-order valence-corrected chi connectivity index (χ0v) is 9.21. The summed E-state index contributed by atoms with van der Waals surface area (Å²) in [5.74, 6) is -0.806. The molecule has 8 nitrogen and oxygen atoms in total. The van der Waals surface area contributed by atoms with E-state index in [1.807, 2.05) is 0 Å². The van der Waals surface area contributed by atoms with Gasteiger partial charge >= 0.3 is 11.7 Å². The molecule has 0 unspecified atom stereocenters. The fourth-order valence-corrected chi connectivity index (χ4v) is 0.961.